The van der Waals surface area contributed by atoms with E-state index in [1.807, 2.05) is 5.32 Å². The third-order valence-electron chi connectivity index (χ3n) is 3.54. The molecule has 0 unspecified atom stereocenters. The number of rotatable bonds is 7. The van der Waals surface area contributed by atoms with Gasteiger partial charge in [-0.2, -0.15) is 28.1 Å². The third kappa shape index (κ3) is 6.40. The first kappa shape index (κ1) is 24.6. The normalized spacial score (nSPS) is 11.4. The number of sulfonamides is 1. The molecule has 0 saturated heterocycles. The highest BCUT2D eigenvalue weighted by Crippen LogP contribution is 2.21. The first-order valence-corrected chi connectivity index (χ1v) is 9.99. The Kier molecular flexibility index (Phi) is 7.40. The smallest absolute Gasteiger partial charge is 0.422 e. The molecule has 0 aliphatic heterocycles. The fraction of sp³-hybridized carbons (Fsp3) is 0.312. The predicted octanol–water partition coefficient (Wildman–Crippen LogP) is 1.46. The first-order valence-electron chi connectivity index (χ1n) is 8.51. The summed E-state index contributed by atoms with van der Waals surface area (Å²) in [5.74, 6) is -1.81. The molecule has 2 aromatic rings. The molecule has 0 saturated carbocycles. The number of hydrogen-bond acceptors (Lipinski definition) is 10. The fourth-order valence-corrected chi connectivity index (χ4v) is 3.65. The van der Waals surface area contributed by atoms with Gasteiger partial charge in [0.15, 0.2) is 6.61 Å². The zero-order valence-corrected chi connectivity index (χ0v) is 17.6. The Morgan fingerprint density at radius 3 is 2.38 bits per heavy atom. The molecule has 12 nitrogen and oxygen atoms in total. The molecular weight excluding hydrogens is 461 g/mol. The summed E-state index contributed by atoms with van der Waals surface area (Å²) in [4.78, 5) is 34.3. The van der Waals surface area contributed by atoms with Crippen LogP contribution in [0.1, 0.15) is 15.9 Å². The van der Waals surface area contributed by atoms with Crippen molar-refractivity contribution in [2.75, 3.05) is 31.4 Å². The van der Waals surface area contributed by atoms with Gasteiger partial charge in [-0.1, -0.05) is 12.1 Å². The van der Waals surface area contributed by atoms with Gasteiger partial charge in [-0.05, 0) is 18.6 Å². The molecule has 0 fully saturated rings. The summed E-state index contributed by atoms with van der Waals surface area (Å²) in [5.41, 5.74) is -0.165. The lowest BCUT2D eigenvalue weighted by Gasteiger charge is -2.13. The van der Waals surface area contributed by atoms with E-state index in [9.17, 15) is 31.2 Å². The molecular formula is C16H17F3N6O6S. The molecule has 0 atom stereocenters. The van der Waals surface area contributed by atoms with E-state index >= 15 is 0 Å². The van der Waals surface area contributed by atoms with E-state index in [2.05, 4.69) is 29.7 Å². The zero-order chi connectivity index (χ0) is 24.1. The van der Waals surface area contributed by atoms with Crippen LogP contribution in [0.3, 0.4) is 0 Å². The van der Waals surface area contributed by atoms with Gasteiger partial charge in [0.25, 0.3) is 10.0 Å². The molecule has 2 amide bonds. The Hall–Kier alpha value is -3.69. The second kappa shape index (κ2) is 9.63. The van der Waals surface area contributed by atoms with Crippen molar-refractivity contribution in [2.24, 2.45) is 0 Å². The highest BCUT2D eigenvalue weighted by atomic mass is 32.2. The molecule has 3 N–H and O–H groups in total. The van der Waals surface area contributed by atoms with Gasteiger partial charge in [0.1, 0.15) is 4.90 Å². The van der Waals surface area contributed by atoms with Crippen molar-refractivity contribution >= 4 is 33.9 Å². The Morgan fingerprint density at radius 1 is 1.12 bits per heavy atom. The van der Waals surface area contributed by atoms with E-state index in [0.29, 0.717) is 0 Å². The molecule has 0 aliphatic rings. The van der Waals surface area contributed by atoms with Crippen LogP contribution in [0.25, 0.3) is 0 Å². The average Bonchev–Trinajstić information content (AvgIpc) is 2.70. The van der Waals surface area contributed by atoms with Crippen molar-refractivity contribution < 1.29 is 40.7 Å². The van der Waals surface area contributed by atoms with Crippen LogP contribution < -0.4 is 20.1 Å². The number of alkyl halides is 3. The first-order chi connectivity index (χ1) is 14.9. The van der Waals surface area contributed by atoms with Crippen LogP contribution in [0.2, 0.25) is 0 Å². The Bertz CT molecular complexity index is 1130. The van der Waals surface area contributed by atoms with Gasteiger partial charge in [0.2, 0.25) is 11.9 Å². The van der Waals surface area contributed by atoms with Crippen molar-refractivity contribution in [3.63, 3.8) is 0 Å². The number of halogens is 3. The highest BCUT2D eigenvalue weighted by Gasteiger charge is 2.30. The van der Waals surface area contributed by atoms with Crippen LogP contribution in [-0.4, -0.2) is 62.3 Å². The number of anilines is 2. The number of methoxy groups -OCH3 is 1. The molecule has 32 heavy (non-hydrogen) atoms. The maximum atomic E-state index is 12.7. The fourth-order valence-electron chi connectivity index (χ4n) is 2.32. The number of aromatic nitrogens is 3. The van der Waals surface area contributed by atoms with Crippen molar-refractivity contribution in [1.29, 1.82) is 0 Å². The number of hydrogen-bond donors (Lipinski definition) is 3. The zero-order valence-electron chi connectivity index (χ0n) is 16.8. The minimum Gasteiger partial charge on any atom is -0.465 e. The lowest BCUT2D eigenvalue weighted by Crippen LogP contribution is -2.36. The van der Waals surface area contributed by atoms with Crippen molar-refractivity contribution in [3.05, 3.63) is 29.3 Å². The summed E-state index contributed by atoms with van der Waals surface area (Å²) >= 11 is 0. The van der Waals surface area contributed by atoms with E-state index in [-0.39, 0.29) is 17.1 Å². The van der Waals surface area contributed by atoms with E-state index < -0.39 is 51.7 Å². The Labute approximate surface area is 179 Å². The van der Waals surface area contributed by atoms with E-state index in [0.717, 1.165) is 7.11 Å². The molecule has 16 heteroatoms. The Balaban J connectivity index is 2.27. The van der Waals surface area contributed by atoms with Crippen LogP contribution in [0.15, 0.2) is 23.1 Å². The largest absolute Gasteiger partial charge is 0.465 e. The summed E-state index contributed by atoms with van der Waals surface area (Å²) in [6.45, 7) is -0.307. The quantitative estimate of drug-likeness (QED) is 0.497. The van der Waals surface area contributed by atoms with Gasteiger partial charge < -0.3 is 14.8 Å². The maximum absolute atomic E-state index is 12.7. The molecule has 0 radical (unpaired) electrons. The van der Waals surface area contributed by atoms with Crippen LogP contribution in [-0.2, 0) is 14.8 Å². The number of esters is 1. The van der Waals surface area contributed by atoms with Crippen molar-refractivity contribution in [3.8, 4) is 6.01 Å². The minimum atomic E-state index is -4.67. The van der Waals surface area contributed by atoms with Gasteiger partial charge in [0, 0.05) is 7.05 Å². The number of amides is 2. The maximum Gasteiger partial charge on any atom is 0.422 e. The third-order valence-corrected chi connectivity index (χ3v) is 5.08. The number of ether oxygens (including phenoxy) is 2. The van der Waals surface area contributed by atoms with Gasteiger partial charge in [-0.15, -0.1) is 0 Å². The second-order valence-electron chi connectivity index (χ2n) is 5.92. The lowest BCUT2D eigenvalue weighted by atomic mass is 10.1. The number of urea groups is 1. The summed E-state index contributed by atoms with van der Waals surface area (Å²) in [6.07, 6.45) is -4.67. The number of aryl methyl sites for hydroxylation is 1. The second-order valence-corrected chi connectivity index (χ2v) is 7.54. The number of nitrogens with zero attached hydrogens (tertiary/aromatic N) is 3. The minimum absolute atomic E-state index is 0.147. The van der Waals surface area contributed by atoms with E-state index in [1.165, 1.54) is 32.2 Å². The van der Waals surface area contributed by atoms with Crippen molar-refractivity contribution in [1.82, 2.24) is 19.7 Å². The summed E-state index contributed by atoms with van der Waals surface area (Å²) in [7, 11) is -2.19. The van der Waals surface area contributed by atoms with E-state index in [1.54, 1.807) is 4.72 Å². The molecule has 0 spiro atoms. The summed E-state index contributed by atoms with van der Waals surface area (Å²) in [5, 5.41) is 4.37. The summed E-state index contributed by atoms with van der Waals surface area (Å²) in [6, 6.07) is 1.88. The van der Waals surface area contributed by atoms with Gasteiger partial charge >= 0.3 is 24.2 Å². The van der Waals surface area contributed by atoms with Gasteiger partial charge in [0.05, 0.1) is 12.7 Å². The topological polar surface area (TPSA) is 162 Å². The van der Waals surface area contributed by atoms with Crippen molar-refractivity contribution in [2.45, 2.75) is 18.0 Å². The molecule has 2 rings (SSSR count). The highest BCUT2D eigenvalue weighted by molar-refractivity contribution is 7.90. The molecule has 0 bridgehead atoms. The number of carbonyl (C=O) groups excluding carboxylic acids is 2. The molecule has 174 valence electrons. The number of benzene rings is 1. The number of carbonyl (C=O) groups is 2. The van der Waals surface area contributed by atoms with Crippen LogP contribution >= 0.6 is 0 Å². The van der Waals surface area contributed by atoms with E-state index in [4.69, 9.17) is 0 Å². The SMILES string of the molecule is CNc1nc(NC(=O)NS(=O)(=O)c2c(C)cccc2C(=O)OC)nc(OCC(F)(F)F)n1. The lowest BCUT2D eigenvalue weighted by molar-refractivity contribution is -0.154. The van der Waals surface area contributed by atoms with Crippen LogP contribution in [0, 0.1) is 6.92 Å². The van der Waals surface area contributed by atoms with Crippen LogP contribution in [0.5, 0.6) is 6.01 Å². The van der Waals surface area contributed by atoms with Gasteiger partial charge in [-0.25, -0.2) is 22.7 Å². The standard InChI is InChI=1S/C16H17F3N6O6S/c1-8-5-4-6-9(11(26)30-3)10(8)32(28,29)25-14(27)22-13-21-12(20-2)23-15(24-13)31-7-16(17,18)19/h4-6H,7H2,1-3H3,(H3,20,21,22,23,24,25,27). The predicted molar refractivity (Wildman–Crippen MR) is 103 cm³/mol. The molecule has 1 aromatic carbocycles. The summed E-state index contributed by atoms with van der Waals surface area (Å²) < 4.78 is 73.0. The number of nitrogens with one attached hydrogen (secondary N) is 3. The molecule has 1 heterocycles. The Morgan fingerprint density at radius 2 is 1.78 bits per heavy atom. The monoisotopic (exact) mass is 478 g/mol. The molecule has 0 aliphatic carbocycles. The van der Waals surface area contributed by atoms with Crippen LogP contribution in [0.4, 0.5) is 29.9 Å². The average molecular weight is 478 g/mol. The molecule has 1 aromatic heterocycles. The van der Waals surface area contributed by atoms with Gasteiger partial charge in [-0.3, -0.25) is 5.32 Å².